The Balaban J connectivity index is 1.67. The van der Waals surface area contributed by atoms with Crippen LogP contribution in [0.2, 0.25) is 5.02 Å². The van der Waals surface area contributed by atoms with Crippen molar-refractivity contribution in [1.29, 1.82) is 0 Å². The maximum atomic E-state index is 13.6. The molecule has 2 aromatic carbocycles. The number of ether oxygens (including phenoxy) is 1. The maximum absolute atomic E-state index is 13.6. The molecule has 0 bridgehead atoms. The van der Waals surface area contributed by atoms with E-state index in [-0.39, 0.29) is 11.1 Å². The quantitative estimate of drug-likeness (QED) is 0.273. The first kappa shape index (κ1) is 21.7. The Kier molecular flexibility index (Phi) is 5.69. The van der Waals surface area contributed by atoms with Gasteiger partial charge in [0.15, 0.2) is 5.16 Å². The van der Waals surface area contributed by atoms with Gasteiger partial charge < -0.3 is 9.72 Å². The molecule has 5 rings (SSSR count). The van der Waals surface area contributed by atoms with Gasteiger partial charge in [-0.05, 0) is 42.1 Å². The lowest BCUT2D eigenvalue weighted by Gasteiger charge is -2.17. The summed E-state index contributed by atoms with van der Waals surface area (Å²) in [4.78, 5) is 38.0. The highest BCUT2D eigenvalue weighted by Gasteiger charge is 2.18. The lowest BCUT2D eigenvalue weighted by Crippen LogP contribution is -2.22. The van der Waals surface area contributed by atoms with Crippen molar-refractivity contribution in [2.45, 2.75) is 17.8 Å². The van der Waals surface area contributed by atoms with Crippen molar-refractivity contribution >= 4 is 55.8 Å². The van der Waals surface area contributed by atoms with Crippen LogP contribution in [0.5, 0.6) is 5.75 Å². The Bertz CT molecular complexity index is 1640. The van der Waals surface area contributed by atoms with Crippen molar-refractivity contribution in [3.63, 3.8) is 0 Å². The van der Waals surface area contributed by atoms with Crippen LogP contribution < -0.4 is 15.9 Å². The highest BCUT2D eigenvalue weighted by molar-refractivity contribution is 7.98. The number of hydrogen-bond donors (Lipinski definition) is 1. The first-order valence-corrected chi connectivity index (χ1v) is 12.2. The number of aryl methyl sites for hydroxylation is 1. The molecule has 0 amide bonds. The fraction of sp³-hybridized carbons (Fsp3) is 0.130. The lowest BCUT2D eigenvalue weighted by atomic mass is 10.2. The monoisotopic (exact) mass is 496 g/mol. The first-order chi connectivity index (χ1) is 16.0. The molecule has 33 heavy (non-hydrogen) atoms. The van der Waals surface area contributed by atoms with E-state index < -0.39 is 0 Å². The molecule has 10 heteroatoms. The average molecular weight is 497 g/mol. The van der Waals surface area contributed by atoms with E-state index in [1.165, 1.54) is 34.8 Å². The summed E-state index contributed by atoms with van der Waals surface area (Å²) in [5.41, 5.74) is 2.18. The fourth-order valence-electron chi connectivity index (χ4n) is 3.53. The second kappa shape index (κ2) is 8.66. The van der Waals surface area contributed by atoms with Gasteiger partial charge in [0.2, 0.25) is 0 Å². The third-order valence-electron chi connectivity index (χ3n) is 5.15. The second-order valence-corrected chi connectivity index (χ2v) is 9.53. The molecule has 0 aliphatic rings. The zero-order valence-corrected chi connectivity index (χ0v) is 20.0. The van der Waals surface area contributed by atoms with Crippen LogP contribution in [-0.4, -0.2) is 26.6 Å². The molecule has 166 valence electrons. The fourth-order valence-corrected chi connectivity index (χ4v) is 5.29. The Morgan fingerprint density at radius 1 is 1.15 bits per heavy atom. The number of halogens is 1. The number of nitrogens with one attached hydrogen (secondary N) is 1. The summed E-state index contributed by atoms with van der Waals surface area (Å²) in [5, 5.41) is 3.31. The maximum Gasteiger partial charge on any atom is 0.268 e. The summed E-state index contributed by atoms with van der Waals surface area (Å²) in [6.45, 7) is 1.86. The zero-order chi connectivity index (χ0) is 23.1. The number of fused-ring (bicyclic) bond motifs is 2. The standard InChI is InChI=1S/C23H17ClN4O3S2/c1-12-9-17(18(31-2)10-14(12)24)28-22(30)13-5-3-4-6-15(13)26-23(28)33-11-19-25-16-7-8-32-20(16)21(29)27-19/h3-10H,11H2,1-2H3,(H,25,27,29). The SMILES string of the molecule is COc1cc(Cl)c(C)cc1-n1c(SCc2nc3ccsc3c(=O)[nH]2)nc2ccccc2c1=O. The van der Waals surface area contributed by atoms with Crippen molar-refractivity contribution in [2.24, 2.45) is 0 Å². The number of aromatic amines is 1. The molecule has 5 aromatic rings. The van der Waals surface area contributed by atoms with E-state index in [1.54, 1.807) is 30.3 Å². The molecule has 0 unspecified atom stereocenters. The van der Waals surface area contributed by atoms with Gasteiger partial charge in [0, 0.05) is 11.1 Å². The highest BCUT2D eigenvalue weighted by Crippen LogP contribution is 2.32. The molecule has 0 radical (unpaired) electrons. The first-order valence-electron chi connectivity index (χ1n) is 9.92. The van der Waals surface area contributed by atoms with E-state index in [0.717, 1.165) is 5.56 Å². The largest absolute Gasteiger partial charge is 0.495 e. The molecule has 7 nitrogen and oxygen atoms in total. The number of benzene rings is 2. The number of rotatable bonds is 5. The number of thiophene rings is 1. The Morgan fingerprint density at radius 3 is 2.79 bits per heavy atom. The van der Waals surface area contributed by atoms with Crippen molar-refractivity contribution in [2.75, 3.05) is 7.11 Å². The molecule has 0 atom stereocenters. The van der Waals surface area contributed by atoms with Gasteiger partial charge in [-0.25, -0.2) is 9.97 Å². The number of thioether (sulfide) groups is 1. The molecule has 0 aliphatic heterocycles. The van der Waals surface area contributed by atoms with Gasteiger partial charge in [-0.2, -0.15) is 0 Å². The van der Waals surface area contributed by atoms with E-state index in [1.807, 2.05) is 24.4 Å². The van der Waals surface area contributed by atoms with Crippen LogP contribution in [0.25, 0.3) is 26.8 Å². The second-order valence-electron chi connectivity index (χ2n) is 7.26. The Hall–Kier alpha value is -3.14. The highest BCUT2D eigenvalue weighted by atomic mass is 35.5. The molecule has 0 spiro atoms. The van der Waals surface area contributed by atoms with E-state index >= 15 is 0 Å². The van der Waals surface area contributed by atoms with Gasteiger partial charge in [0.25, 0.3) is 11.1 Å². The molecule has 0 saturated heterocycles. The summed E-state index contributed by atoms with van der Waals surface area (Å²) in [5.74, 6) is 1.28. The minimum absolute atomic E-state index is 0.176. The van der Waals surface area contributed by atoms with Gasteiger partial charge in [-0.1, -0.05) is 35.5 Å². The van der Waals surface area contributed by atoms with E-state index in [0.29, 0.717) is 54.3 Å². The molecular formula is C23H17ClN4O3S2. The normalized spacial score (nSPS) is 11.4. The van der Waals surface area contributed by atoms with E-state index in [9.17, 15) is 9.59 Å². The molecule has 0 aliphatic carbocycles. The molecular weight excluding hydrogens is 480 g/mol. The van der Waals surface area contributed by atoms with Crippen LogP contribution in [0.3, 0.4) is 0 Å². The Labute approximate surface area is 201 Å². The minimum Gasteiger partial charge on any atom is -0.495 e. The van der Waals surface area contributed by atoms with Gasteiger partial charge in [-0.15, -0.1) is 11.3 Å². The minimum atomic E-state index is -0.224. The smallest absolute Gasteiger partial charge is 0.268 e. The van der Waals surface area contributed by atoms with Crippen LogP contribution in [0.1, 0.15) is 11.4 Å². The molecule has 3 aromatic heterocycles. The van der Waals surface area contributed by atoms with Gasteiger partial charge in [0.1, 0.15) is 16.3 Å². The number of hydrogen-bond acceptors (Lipinski definition) is 7. The summed E-state index contributed by atoms with van der Waals surface area (Å²) in [6, 6.07) is 12.5. The van der Waals surface area contributed by atoms with Crippen LogP contribution in [0.15, 0.2) is 62.6 Å². The number of aromatic nitrogens is 4. The van der Waals surface area contributed by atoms with Crippen molar-refractivity contribution in [1.82, 2.24) is 19.5 Å². The number of methoxy groups -OCH3 is 1. The van der Waals surface area contributed by atoms with Crippen molar-refractivity contribution in [3.05, 3.63) is 85.0 Å². The molecule has 3 heterocycles. The number of para-hydroxylation sites is 1. The lowest BCUT2D eigenvalue weighted by molar-refractivity contribution is 0.411. The topological polar surface area (TPSA) is 89.9 Å². The predicted octanol–water partition coefficient (Wildman–Crippen LogP) is 4.95. The van der Waals surface area contributed by atoms with Crippen LogP contribution >= 0.6 is 34.7 Å². The van der Waals surface area contributed by atoms with E-state index in [2.05, 4.69) is 9.97 Å². The van der Waals surface area contributed by atoms with Crippen LogP contribution in [-0.2, 0) is 5.75 Å². The van der Waals surface area contributed by atoms with Crippen LogP contribution in [0.4, 0.5) is 0 Å². The number of H-pyrrole nitrogens is 1. The van der Waals surface area contributed by atoms with Crippen LogP contribution in [0, 0.1) is 6.92 Å². The average Bonchev–Trinajstić information content (AvgIpc) is 3.29. The third-order valence-corrected chi connectivity index (χ3v) is 7.41. The summed E-state index contributed by atoms with van der Waals surface area (Å²) in [6.07, 6.45) is 0. The molecule has 1 N–H and O–H groups in total. The molecule has 0 fully saturated rings. The van der Waals surface area contributed by atoms with Gasteiger partial charge in [-0.3, -0.25) is 14.2 Å². The van der Waals surface area contributed by atoms with Crippen molar-refractivity contribution in [3.8, 4) is 11.4 Å². The number of nitrogens with zero attached hydrogens (tertiary/aromatic N) is 3. The van der Waals surface area contributed by atoms with E-state index in [4.69, 9.17) is 21.3 Å². The van der Waals surface area contributed by atoms with Crippen molar-refractivity contribution < 1.29 is 4.74 Å². The summed E-state index contributed by atoms with van der Waals surface area (Å²) in [7, 11) is 1.53. The Morgan fingerprint density at radius 2 is 1.97 bits per heavy atom. The zero-order valence-electron chi connectivity index (χ0n) is 17.6. The van der Waals surface area contributed by atoms with Gasteiger partial charge >= 0.3 is 0 Å². The van der Waals surface area contributed by atoms with Gasteiger partial charge in [0.05, 0.1) is 35.0 Å². The predicted molar refractivity (Wildman–Crippen MR) is 133 cm³/mol. The summed E-state index contributed by atoms with van der Waals surface area (Å²) < 4.78 is 7.65. The molecule has 0 saturated carbocycles. The third kappa shape index (κ3) is 3.92. The summed E-state index contributed by atoms with van der Waals surface area (Å²) >= 11 is 8.95.